The Hall–Kier alpha value is -12.0. The Labute approximate surface area is 573 Å². The molecule has 0 saturated carbocycles. The lowest BCUT2D eigenvalue weighted by Gasteiger charge is -2.08. The van der Waals surface area contributed by atoms with Crippen LogP contribution in [0.25, 0.3) is 151 Å². The van der Waals surface area contributed by atoms with Gasteiger partial charge in [0.05, 0.1) is 0 Å². The molecule has 0 saturated heterocycles. The molecule has 0 nitrogen and oxygen atoms in total. The molecule has 0 atom stereocenters. The molecule has 0 N–H and O–H groups in total. The Morgan fingerprint density at radius 1 is 0.122 bits per heavy atom. The summed E-state index contributed by atoms with van der Waals surface area (Å²) >= 11 is 0. The molecule has 98 heavy (non-hydrogen) atoms. The number of rotatable bonds is 0. The van der Waals surface area contributed by atoms with Crippen molar-refractivity contribution in [1.82, 2.24) is 0 Å². The van der Waals surface area contributed by atoms with Gasteiger partial charge in [-0.25, -0.2) is 0 Å². The Kier molecular flexibility index (Phi) is 17.4. The molecule has 20 rings (SSSR count). The summed E-state index contributed by atoms with van der Waals surface area (Å²) in [4.78, 5) is 0. The second-order valence-electron chi connectivity index (χ2n) is 26.3. The van der Waals surface area contributed by atoms with Gasteiger partial charge in [0.15, 0.2) is 0 Å². The fourth-order valence-electron chi connectivity index (χ4n) is 14.5. The van der Waals surface area contributed by atoms with Gasteiger partial charge in [0, 0.05) is 0 Å². The molecule has 0 unspecified atom stereocenters. The second kappa shape index (κ2) is 27.4. The Morgan fingerprint density at radius 3 is 0.898 bits per heavy atom. The molecule has 0 spiro atoms. The van der Waals surface area contributed by atoms with Crippen LogP contribution in [0.2, 0.25) is 0 Å². The molecule has 0 heterocycles. The monoisotopic (exact) mass is 1250 g/mol. The van der Waals surface area contributed by atoms with Crippen LogP contribution in [-0.4, -0.2) is 0 Å². The second-order valence-corrected chi connectivity index (χ2v) is 26.3. The predicted octanol–water partition coefficient (Wildman–Crippen LogP) is 28.1. The zero-order valence-corrected chi connectivity index (χ0v) is 56.5. The molecule has 0 aliphatic rings. The van der Waals surface area contributed by atoms with Crippen molar-refractivity contribution in [2.24, 2.45) is 0 Å². The first-order valence-corrected chi connectivity index (χ1v) is 34.2. The van der Waals surface area contributed by atoms with Crippen LogP contribution in [0, 0.1) is 41.5 Å². The molecule has 0 radical (unpaired) electrons. The topological polar surface area (TPSA) is 0 Å². The van der Waals surface area contributed by atoms with Crippen molar-refractivity contribution in [1.29, 1.82) is 0 Å². The van der Waals surface area contributed by atoms with E-state index in [2.05, 4.69) is 393 Å². The third-order valence-corrected chi connectivity index (χ3v) is 19.6. The summed E-state index contributed by atoms with van der Waals surface area (Å²) in [5.41, 5.74) is 7.99. The maximum Gasteiger partial charge on any atom is -0.00761 e. The van der Waals surface area contributed by atoms with Crippen LogP contribution in [0.4, 0.5) is 0 Å². The molecule has 0 aliphatic heterocycles. The quantitative estimate of drug-likeness (QED) is 0.105. The normalized spacial score (nSPS) is 11.2. The summed E-state index contributed by atoms with van der Waals surface area (Å²) in [5.74, 6) is 0. The van der Waals surface area contributed by atoms with E-state index in [1.54, 1.807) is 0 Å². The molecule has 0 fully saturated rings. The van der Waals surface area contributed by atoms with Gasteiger partial charge in [0.25, 0.3) is 0 Å². The molecule has 20 aromatic carbocycles. The first-order chi connectivity index (χ1) is 48.0. The number of aryl methyl sites for hydroxylation is 6. The van der Waals surface area contributed by atoms with Crippen molar-refractivity contribution >= 4 is 151 Å². The van der Waals surface area contributed by atoms with Crippen molar-refractivity contribution in [3.8, 4) is 0 Å². The number of hydrogen-bond acceptors (Lipinski definition) is 0. The Morgan fingerprint density at radius 2 is 0.378 bits per heavy atom. The third-order valence-electron chi connectivity index (χ3n) is 19.6. The van der Waals surface area contributed by atoms with E-state index in [0.717, 1.165) is 0 Å². The van der Waals surface area contributed by atoms with E-state index in [4.69, 9.17) is 0 Å². The van der Waals surface area contributed by atoms with E-state index in [1.807, 2.05) is 0 Å². The predicted molar refractivity (Wildman–Crippen MR) is 432 cm³/mol. The van der Waals surface area contributed by atoms with E-state index in [9.17, 15) is 0 Å². The van der Waals surface area contributed by atoms with Crippen molar-refractivity contribution in [3.05, 3.63) is 385 Å². The maximum atomic E-state index is 2.31. The van der Waals surface area contributed by atoms with Crippen LogP contribution in [0.3, 0.4) is 0 Å². The lowest BCUT2D eigenvalue weighted by molar-refractivity contribution is 1.51. The lowest BCUT2D eigenvalue weighted by Crippen LogP contribution is -1.82. The smallest absolute Gasteiger partial charge is 0.00761 e. The summed E-state index contributed by atoms with van der Waals surface area (Å²) < 4.78 is 0. The fourth-order valence-corrected chi connectivity index (χ4v) is 14.5. The van der Waals surface area contributed by atoms with Gasteiger partial charge in [-0.2, -0.15) is 0 Å². The van der Waals surface area contributed by atoms with Gasteiger partial charge >= 0.3 is 0 Å². The molecule has 468 valence electrons. The van der Waals surface area contributed by atoms with E-state index < -0.39 is 0 Å². The van der Waals surface area contributed by atoms with E-state index in [-0.39, 0.29) is 0 Å². The molecule has 0 aliphatic carbocycles. The van der Waals surface area contributed by atoms with E-state index in [0.29, 0.717) is 0 Å². The summed E-state index contributed by atoms with van der Waals surface area (Å²) in [6.07, 6.45) is 0. The highest BCUT2D eigenvalue weighted by Crippen LogP contribution is 2.35. The van der Waals surface area contributed by atoms with E-state index in [1.165, 1.54) is 184 Å². The van der Waals surface area contributed by atoms with Crippen LogP contribution < -0.4 is 0 Å². The molecule has 0 bridgehead atoms. The van der Waals surface area contributed by atoms with Gasteiger partial charge in [0.1, 0.15) is 0 Å². The average Bonchev–Trinajstić information content (AvgIpc) is 0.831. The highest BCUT2D eigenvalue weighted by Gasteiger charge is 2.08. The Bertz CT molecular complexity index is 6330. The minimum atomic E-state index is 1.31. The fraction of sp³-hybridized carbons (Fsp3) is 0.0612. The van der Waals surface area contributed by atoms with Crippen molar-refractivity contribution in [2.75, 3.05) is 0 Å². The van der Waals surface area contributed by atoms with E-state index >= 15 is 0 Å². The molecule has 0 amide bonds. The highest BCUT2D eigenvalue weighted by atomic mass is 14.1. The average molecular weight is 1250 g/mol. The van der Waals surface area contributed by atoms with Gasteiger partial charge in [-0.1, -0.05) is 344 Å². The standard InChI is InChI=1S/2C19H14.4C15H12/c1-13-5-4-8-18-17(13)10-9-16-11-14-6-2-3-7-15(14)12-19(16)18;1-13-6-9-18-16(10-13)7-8-17-11-14-4-2-3-5-15(14)12-19(17)18;1-11-5-4-7-13-10-9-12-6-2-3-8-14(12)15(11)13;1-11-5-4-8-15-13(11)10-9-12-6-2-3-7-14(12)15;1-11-6-9-15-13(10-11)8-7-12-4-2-3-5-14(12)15;1-11-6-7-13-9-8-12-4-2-3-5-14(12)15(13)10-11/h2*2-12H,1H3;4*2-10H,1H3. The molecular weight excluding hydrogens is 1180 g/mol. The minimum absolute atomic E-state index is 1.31. The Balaban J connectivity index is 0.0000000963. The number of hydrogen-bond donors (Lipinski definition) is 0. The summed E-state index contributed by atoms with van der Waals surface area (Å²) in [5, 5.41) is 37.3. The zero-order chi connectivity index (χ0) is 66.6. The molecule has 20 aromatic rings. The maximum absolute atomic E-state index is 2.31. The van der Waals surface area contributed by atoms with Crippen molar-refractivity contribution in [3.63, 3.8) is 0 Å². The molecular formula is C98H76. The first kappa shape index (κ1) is 62.2. The molecule has 0 aromatic heterocycles. The zero-order valence-electron chi connectivity index (χ0n) is 56.5. The van der Waals surface area contributed by atoms with Crippen LogP contribution in [0.5, 0.6) is 0 Å². The van der Waals surface area contributed by atoms with Crippen molar-refractivity contribution in [2.45, 2.75) is 41.5 Å². The van der Waals surface area contributed by atoms with Crippen LogP contribution in [-0.2, 0) is 0 Å². The largest absolute Gasteiger partial charge is 0.0616 e. The van der Waals surface area contributed by atoms with Gasteiger partial charge < -0.3 is 0 Å². The number of fused-ring (bicyclic) bond motifs is 20. The minimum Gasteiger partial charge on any atom is -0.0616 e. The lowest BCUT2D eigenvalue weighted by atomic mass is 9.96. The molecule has 0 heteroatoms. The van der Waals surface area contributed by atoms with Gasteiger partial charge in [-0.3, -0.25) is 0 Å². The SMILES string of the molecule is Cc1ccc2c(ccc3cc4ccccc4cc32)c1.Cc1ccc2c(ccc3ccccc32)c1.Cc1ccc2ccc3ccccc3c2c1.Cc1cccc2c1ccc1cc3ccccc3cc12.Cc1cccc2c1ccc1ccccc12.Cc1cccc2ccc3ccccc3c12. The van der Waals surface area contributed by atoms with Crippen molar-refractivity contribution < 1.29 is 0 Å². The van der Waals surface area contributed by atoms with Crippen LogP contribution >= 0.6 is 0 Å². The number of benzene rings is 20. The van der Waals surface area contributed by atoms with Gasteiger partial charge in [-0.05, 0) is 233 Å². The van der Waals surface area contributed by atoms with Gasteiger partial charge in [-0.15, -0.1) is 0 Å². The summed E-state index contributed by atoms with van der Waals surface area (Å²) in [6.45, 7) is 12.9. The summed E-state index contributed by atoms with van der Waals surface area (Å²) in [7, 11) is 0. The highest BCUT2D eigenvalue weighted by molar-refractivity contribution is 6.15. The third kappa shape index (κ3) is 12.8. The first-order valence-electron chi connectivity index (χ1n) is 34.2. The van der Waals surface area contributed by atoms with Crippen LogP contribution in [0.15, 0.2) is 352 Å². The summed E-state index contributed by atoms with van der Waals surface area (Å²) in [6, 6.07) is 126. The van der Waals surface area contributed by atoms with Crippen LogP contribution in [0.1, 0.15) is 33.4 Å². The van der Waals surface area contributed by atoms with Gasteiger partial charge in [0.2, 0.25) is 0 Å².